The van der Waals surface area contributed by atoms with Crippen LogP contribution in [0, 0.1) is 6.92 Å². The zero-order valence-corrected chi connectivity index (χ0v) is 16.9. The lowest BCUT2D eigenvalue weighted by Gasteiger charge is -2.28. The van der Waals surface area contributed by atoms with Crippen LogP contribution in [0.3, 0.4) is 0 Å². The van der Waals surface area contributed by atoms with Gasteiger partial charge >= 0.3 is 0 Å². The number of pyridine rings is 1. The lowest BCUT2D eigenvalue weighted by molar-refractivity contribution is -0.114. The first-order valence-electron chi connectivity index (χ1n) is 9.98. The van der Waals surface area contributed by atoms with E-state index in [-0.39, 0.29) is 17.9 Å². The number of anilines is 2. The monoisotopic (exact) mass is 396 g/mol. The van der Waals surface area contributed by atoms with Crippen molar-refractivity contribution < 1.29 is 14.7 Å². The van der Waals surface area contributed by atoms with E-state index in [9.17, 15) is 14.7 Å². The number of amides is 2. The van der Waals surface area contributed by atoms with Crippen molar-refractivity contribution in [3.8, 4) is 0 Å². The summed E-state index contributed by atoms with van der Waals surface area (Å²) < 4.78 is 0. The zero-order valence-electron chi connectivity index (χ0n) is 16.9. The molecule has 7 nitrogen and oxygen atoms in total. The third kappa shape index (κ3) is 5.77. The molecule has 1 aromatic heterocycles. The van der Waals surface area contributed by atoms with Crippen molar-refractivity contribution in [1.82, 2.24) is 10.3 Å². The van der Waals surface area contributed by atoms with Crippen molar-refractivity contribution in [3.63, 3.8) is 0 Å². The van der Waals surface area contributed by atoms with Gasteiger partial charge < -0.3 is 21.1 Å². The third-order valence-electron chi connectivity index (χ3n) is 5.16. The first-order valence-corrected chi connectivity index (χ1v) is 9.98. The van der Waals surface area contributed by atoms with Crippen molar-refractivity contribution >= 4 is 23.3 Å². The summed E-state index contributed by atoms with van der Waals surface area (Å²) in [6, 6.07) is 9.01. The van der Waals surface area contributed by atoms with Crippen molar-refractivity contribution in [2.75, 3.05) is 10.6 Å². The number of carbonyl (C=O) groups is 2. The highest BCUT2D eigenvalue weighted by Crippen LogP contribution is 2.21. The smallest absolute Gasteiger partial charge is 0.251 e. The van der Waals surface area contributed by atoms with E-state index in [1.165, 1.54) is 6.92 Å². The molecule has 1 aliphatic rings. The quantitative estimate of drug-likeness (QED) is 0.601. The third-order valence-corrected chi connectivity index (χ3v) is 5.16. The molecule has 0 unspecified atom stereocenters. The summed E-state index contributed by atoms with van der Waals surface area (Å²) in [5.41, 5.74) is 3.42. The number of hydrogen-bond donors (Lipinski definition) is 4. The Morgan fingerprint density at radius 3 is 2.66 bits per heavy atom. The molecular weight excluding hydrogens is 368 g/mol. The van der Waals surface area contributed by atoms with Crippen LogP contribution in [0.2, 0.25) is 0 Å². The number of benzene rings is 1. The van der Waals surface area contributed by atoms with Gasteiger partial charge in [0.2, 0.25) is 5.91 Å². The summed E-state index contributed by atoms with van der Waals surface area (Å²) in [5.74, 6) is 0.191. The molecule has 0 radical (unpaired) electrons. The molecule has 3 rings (SSSR count). The fourth-order valence-corrected chi connectivity index (χ4v) is 3.47. The fourth-order valence-electron chi connectivity index (χ4n) is 3.47. The van der Waals surface area contributed by atoms with Crippen LogP contribution < -0.4 is 16.0 Å². The van der Waals surface area contributed by atoms with Gasteiger partial charge in [-0.2, -0.15) is 0 Å². The van der Waals surface area contributed by atoms with Crippen LogP contribution in [0.4, 0.5) is 11.5 Å². The Kier molecular flexibility index (Phi) is 6.82. The summed E-state index contributed by atoms with van der Waals surface area (Å²) in [6.07, 6.45) is 4.81. The molecular formula is C22H28N4O3. The van der Waals surface area contributed by atoms with Crippen molar-refractivity contribution in [3.05, 3.63) is 53.2 Å². The van der Waals surface area contributed by atoms with E-state index in [0.29, 0.717) is 17.9 Å². The second-order valence-electron chi connectivity index (χ2n) is 7.55. The highest BCUT2D eigenvalue weighted by atomic mass is 16.3. The Hall–Kier alpha value is -2.93. The molecule has 0 bridgehead atoms. The molecule has 154 valence electrons. The first-order chi connectivity index (χ1) is 13.9. The van der Waals surface area contributed by atoms with Crippen LogP contribution in [0.15, 0.2) is 36.5 Å². The molecule has 2 aromatic rings. The number of hydrogen-bond acceptors (Lipinski definition) is 5. The SMILES string of the molecule is CC(=O)Nc1ccc(CNc2cc(C(=O)N[C@H]3CCCC[C@@H]3O)ccc2C)cn1. The standard InChI is InChI=1S/C22H28N4O3/c1-14-7-9-17(22(29)26-18-5-3-4-6-20(18)28)11-19(14)23-12-16-8-10-21(24-13-16)25-15(2)27/h7-11,13,18,20,23,28H,3-6,12H2,1-2H3,(H,26,29)(H,24,25,27)/t18-,20-/m0/s1. The lowest BCUT2D eigenvalue weighted by atomic mass is 9.92. The van der Waals surface area contributed by atoms with E-state index in [1.807, 2.05) is 25.1 Å². The van der Waals surface area contributed by atoms with E-state index >= 15 is 0 Å². The summed E-state index contributed by atoms with van der Waals surface area (Å²) >= 11 is 0. The summed E-state index contributed by atoms with van der Waals surface area (Å²) in [5, 5.41) is 19.0. The largest absolute Gasteiger partial charge is 0.391 e. The minimum absolute atomic E-state index is 0.158. The molecule has 7 heteroatoms. The van der Waals surface area contributed by atoms with Crippen LogP contribution >= 0.6 is 0 Å². The Labute approximate surface area is 170 Å². The van der Waals surface area contributed by atoms with Gasteiger partial charge in [-0.05, 0) is 49.1 Å². The molecule has 1 saturated carbocycles. The van der Waals surface area contributed by atoms with Crippen molar-refractivity contribution in [2.45, 2.75) is 58.2 Å². The molecule has 1 fully saturated rings. The van der Waals surface area contributed by atoms with E-state index in [2.05, 4.69) is 20.9 Å². The van der Waals surface area contributed by atoms with Crippen LogP contribution in [-0.2, 0) is 11.3 Å². The molecule has 0 spiro atoms. The van der Waals surface area contributed by atoms with Gasteiger partial charge in [0.05, 0.1) is 12.1 Å². The van der Waals surface area contributed by atoms with Gasteiger partial charge in [-0.3, -0.25) is 9.59 Å². The molecule has 2 atom stereocenters. The first kappa shape index (κ1) is 20.8. The molecule has 4 N–H and O–H groups in total. The molecule has 1 heterocycles. The highest BCUT2D eigenvalue weighted by molar-refractivity contribution is 5.95. The van der Waals surface area contributed by atoms with Gasteiger partial charge in [-0.15, -0.1) is 0 Å². The van der Waals surface area contributed by atoms with E-state index in [4.69, 9.17) is 0 Å². The summed E-state index contributed by atoms with van der Waals surface area (Å²) in [7, 11) is 0. The van der Waals surface area contributed by atoms with E-state index in [1.54, 1.807) is 18.3 Å². The van der Waals surface area contributed by atoms with Gasteiger partial charge in [0, 0.05) is 30.9 Å². The van der Waals surface area contributed by atoms with Crippen LogP contribution in [0.25, 0.3) is 0 Å². The molecule has 1 aromatic carbocycles. The normalized spacial score (nSPS) is 18.7. The van der Waals surface area contributed by atoms with E-state index < -0.39 is 6.10 Å². The molecule has 2 amide bonds. The number of nitrogens with zero attached hydrogens (tertiary/aromatic N) is 1. The minimum Gasteiger partial charge on any atom is -0.391 e. The van der Waals surface area contributed by atoms with Crippen molar-refractivity contribution in [2.24, 2.45) is 0 Å². The van der Waals surface area contributed by atoms with Gasteiger partial charge in [-0.25, -0.2) is 4.98 Å². The van der Waals surface area contributed by atoms with Gasteiger partial charge in [0.1, 0.15) is 5.82 Å². The predicted molar refractivity (Wildman–Crippen MR) is 113 cm³/mol. The molecule has 1 aliphatic carbocycles. The Balaban J connectivity index is 1.62. The van der Waals surface area contributed by atoms with Crippen LogP contribution in [0.1, 0.15) is 54.1 Å². The maximum Gasteiger partial charge on any atom is 0.251 e. The number of aryl methyl sites for hydroxylation is 1. The zero-order chi connectivity index (χ0) is 20.8. The number of rotatable bonds is 6. The maximum atomic E-state index is 12.6. The number of nitrogens with one attached hydrogen (secondary N) is 3. The summed E-state index contributed by atoms with van der Waals surface area (Å²) in [6.45, 7) is 3.96. The fraction of sp³-hybridized carbons (Fsp3) is 0.409. The number of aliphatic hydroxyl groups is 1. The predicted octanol–water partition coefficient (Wildman–Crippen LogP) is 2.99. The number of aliphatic hydroxyl groups excluding tert-OH is 1. The van der Waals surface area contributed by atoms with Crippen LogP contribution in [-0.4, -0.2) is 34.1 Å². The Morgan fingerprint density at radius 2 is 1.97 bits per heavy atom. The van der Waals surface area contributed by atoms with Crippen LogP contribution in [0.5, 0.6) is 0 Å². The van der Waals surface area contributed by atoms with Crippen molar-refractivity contribution in [1.29, 1.82) is 0 Å². The molecule has 29 heavy (non-hydrogen) atoms. The second kappa shape index (κ2) is 9.52. The number of carbonyl (C=O) groups excluding carboxylic acids is 2. The molecule has 0 aliphatic heterocycles. The number of aromatic nitrogens is 1. The highest BCUT2D eigenvalue weighted by Gasteiger charge is 2.25. The van der Waals surface area contributed by atoms with Gasteiger partial charge in [-0.1, -0.05) is 25.0 Å². The average molecular weight is 396 g/mol. The topological polar surface area (TPSA) is 103 Å². The van der Waals surface area contributed by atoms with E-state index in [0.717, 1.165) is 42.5 Å². The Bertz CT molecular complexity index is 867. The maximum absolute atomic E-state index is 12.6. The minimum atomic E-state index is -0.469. The summed E-state index contributed by atoms with van der Waals surface area (Å²) in [4.78, 5) is 27.9. The molecule has 0 saturated heterocycles. The van der Waals surface area contributed by atoms with Gasteiger partial charge in [0.15, 0.2) is 0 Å². The second-order valence-corrected chi connectivity index (χ2v) is 7.55. The lowest BCUT2D eigenvalue weighted by Crippen LogP contribution is -2.45. The average Bonchev–Trinajstić information content (AvgIpc) is 2.69. The van der Waals surface area contributed by atoms with Gasteiger partial charge in [0.25, 0.3) is 5.91 Å². The Morgan fingerprint density at radius 1 is 1.17 bits per heavy atom.